The summed E-state index contributed by atoms with van der Waals surface area (Å²) in [5, 5.41) is 0. The van der Waals surface area contributed by atoms with Gasteiger partial charge in [0.25, 0.3) is 0 Å². The van der Waals surface area contributed by atoms with Crippen molar-refractivity contribution in [2.75, 3.05) is 20.1 Å². The van der Waals surface area contributed by atoms with Crippen molar-refractivity contribution < 1.29 is 4.39 Å². The first-order valence-electron chi connectivity index (χ1n) is 6.87. The zero-order valence-corrected chi connectivity index (χ0v) is 11.1. The highest BCUT2D eigenvalue weighted by molar-refractivity contribution is 5.21. The number of hydrogen-bond acceptors (Lipinski definition) is 2. The largest absolute Gasteiger partial charge is 0.329 e. The fraction of sp³-hybridized carbons (Fsp3) is 0.600. The van der Waals surface area contributed by atoms with E-state index in [9.17, 15) is 4.39 Å². The molecule has 1 aromatic carbocycles. The minimum Gasteiger partial charge on any atom is -0.329 e. The van der Waals surface area contributed by atoms with Gasteiger partial charge in [-0.2, -0.15) is 0 Å². The number of rotatable bonds is 5. The normalized spacial score (nSPS) is 18.4. The van der Waals surface area contributed by atoms with Crippen molar-refractivity contribution >= 4 is 0 Å². The lowest BCUT2D eigenvalue weighted by molar-refractivity contribution is 0.208. The van der Waals surface area contributed by atoms with E-state index in [1.807, 2.05) is 12.1 Å². The van der Waals surface area contributed by atoms with Crippen LogP contribution in [0.3, 0.4) is 0 Å². The van der Waals surface area contributed by atoms with Crippen LogP contribution >= 0.6 is 0 Å². The number of nitrogens with two attached hydrogens (primary N) is 1. The first-order valence-corrected chi connectivity index (χ1v) is 6.87. The van der Waals surface area contributed by atoms with E-state index in [1.54, 1.807) is 6.07 Å². The van der Waals surface area contributed by atoms with Crippen LogP contribution in [0.15, 0.2) is 24.3 Å². The van der Waals surface area contributed by atoms with Crippen LogP contribution in [0.25, 0.3) is 0 Å². The van der Waals surface area contributed by atoms with Gasteiger partial charge in [0.05, 0.1) is 0 Å². The van der Waals surface area contributed by atoms with Gasteiger partial charge in [0.1, 0.15) is 5.82 Å². The van der Waals surface area contributed by atoms with Gasteiger partial charge in [-0.05, 0) is 31.9 Å². The van der Waals surface area contributed by atoms with Crippen LogP contribution in [0.1, 0.15) is 37.3 Å². The molecular formula is C15H23FN2. The Balaban J connectivity index is 2.05. The maximum absolute atomic E-state index is 13.8. The third-order valence-electron chi connectivity index (χ3n) is 4.04. The van der Waals surface area contributed by atoms with Crippen molar-refractivity contribution in [1.29, 1.82) is 0 Å². The monoisotopic (exact) mass is 250 g/mol. The van der Waals surface area contributed by atoms with E-state index in [1.165, 1.54) is 31.7 Å². The zero-order chi connectivity index (χ0) is 13.0. The Morgan fingerprint density at radius 2 is 2.00 bits per heavy atom. The summed E-state index contributed by atoms with van der Waals surface area (Å²) in [7, 11) is 2.06. The fourth-order valence-corrected chi connectivity index (χ4v) is 3.02. The van der Waals surface area contributed by atoms with Gasteiger partial charge in [0.15, 0.2) is 0 Å². The van der Waals surface area contributed by atoms with Crippen LogP contribution in [0.4, 0.5) is 4.39 Å². The Hall–Kier alpha value is -0.930. The molecule has 0 radical (unpaired) electrons. The van der Waals surface area contributed by atoms with Crippen molar-refractivity contribution in [3.8, 4) is 0 Å². The summed E-state index contributed by atoms with van der Waals surface area (Å²) in [6, 6.07) is 6.96. The molecule has 0 heterocycles. The molecule has 100 valence electrons. The van der Waals surface area contributed by atoms with E-state index in [-0.39, 0.29) is 11.9 Å². The van der Waals surface area contributed by atoms with E-state index < -0.39 is 0 Å². The van der Waals surface area contributed by atoms with E-state index in [4.69, 9.17) is 5.73 Å². The number of halogens is 1. The molecule has 0 bridgehead atoms. The van der Waals surface area contributed by atoms with Gasteiger partial charge in [-0.1, -0.05) is 31.0 Å². The molecule has 3 heteroatoms. The molecule has 18 heavy (non-hydrogen) atoms. The second-order valence-electron chi connectivity index (χ2n) is 5.36. The average Bonchev–Trinajstić information content (AvgIpc) is 2.85. The van der Waals surface area contributed by atoms with Gasteiger partial charge in [0, 0.05) is 24.7 Å². The van der Waals surface area contributed by atoms with Gasteiger partial charge >= 0.3 is 0 Å². The summed E-state index contributed by atoms with van der Waals surface area (Å²) in [5.41, 5.74) is 6.56. The molecule has 1 aromatic rings. The standard InChI is InChI=1S/C15H23FN2/c1-18(11-12-6-2-3-7-12)15(10-17)13-8-4-5-9-14(13)16/h4-5,8-9,12,15H,2-3,6-7,10-11,17H2,1H3. The molecule has 1 saturated carbocycles. The van der Waals surface area contributed by atoms with Crippen molar-refractivity contribution in [2.24, 2.45) is 11.7 Å². The number of nitrogens with zero attached hydrogens (tertiary/aromatic N) is 1. The highest BCUT2D eigenvalue weighted by atomic mass is 19.1. The molecule has 2 N–H and O–H groups in total. The Morgan fingerprint density at radius 3 is 2.61 bits per heavy atom. The summed E-state index contributed by atoms with van der Waals surface area (Å²) in [4.78, 5) is 2.22. The lowest BCUT2D eigenvalue weighted by Gasteiger charge is -2.29. The van der Waals surface area contributed by atoms with Crippen molar-refractivity contribution in [1.82, 2.24) is 4.90 Å². The molecule has 0 saturated heterocycles. The average molecular weight is 250 g/mol. The van der Waals surface area contributed by atoms with Crippen LogP contribution in [-0.2, 0) is 0 Å². The molecule has 0 spiro atoms. The Bertz CT molecular complexity index is 375. The maximum Gasteiger partial charge on any atom is 0.128 e. The SMILES string of the molecule is CN(CC1CCCC1)C(CN)c1ccccc1F. The van der Waals surface area contributed by atoms with Crippen LogP contribution in [0.2, 0.25) is 0 Å². The van der Waals surface area contributed by atoms with Gasteiger partial charge in [0.2, 0.25) is 0 Å². The second-order valence-corrected chi connectivity index (χ2v) is 5.36. The predicted octanol–water partition coefficient (Wildman–Crippen LogP) is 2.95. The minimum absolute atomic E-state index is 0.00759. The zero-order valence-electron chi connectivity index (χ0n) is 11.1. The molecule has 1 fully saturated rings. The van der Waals surface area contributed by atoms with Crippen molar-refractivity contribution in [3.63, 3.8) is 0 Å². The van der Waals surface area contributed by atoms with Crippen LogP contribution in [-0.4, -0.2) is 25.0 Å². The van der Waals surface area contributed by atoms with Crippen LogP contribution in [0, 0.1) is 11.7 Å². The topological polar surface area (TPSA) is 29.3 Å². The van der Waals surface area contributed by atoms with Crippen LogP contribution < -0.4 is 5.73 Å². The van der Waals surface area contributed by atoms with Crippen molar-refractivity contribution in [3.05, 3.63) is 35.6 Å². The van der Waals surface area contributed by atoms with Gasteiger partial charge in [-0.25, -0.2) is 4.39 Å². The highest BCUT2D eigenvalue weighted by Crippen LogP contribution is 2.28. The summed E-state index contributed by atoms with van der Waals surface area (Å²) >= 11 is 0. The summed E-state index contributed by atoms with van der Waals surface area (Å²) in [6.45, 7) is 1.49. The first kappa shape index (κ1) is 13.5. The molecule has 2 rings (SSSR count). The lowest BCUT2D eigenvalue weighted by Crippen LogP contribution is -2.34. The Kier molecular flexibility index (Phi) is 4.72. The lowest BCUT2D eigenvalue weighted by atomic mass is 10.0. The summed E-state index contributed by atoms with van der Waals surface area (Å²) in [5.74, 6) is 0.613. The van der Waals surface area contributed by atoms with Gasteiger partial charge in [-0.3, -0.25) is 4.90 Å². The molecule has 1 atom stereocenters. The summed E-state index contributed by atoms with van der Waals surface area (Å²) < 4.78 is 13.8. The molecular weight excluding hydrogens is 227 g/mol. The second kappa shape index (κ2) is 6.30. The van der Waals surface area contributed by atoms with Gasteiger partial charge in [-0.15, -0.1) is 0 Å². The van der Waals surface area contributed by atoms with E-state index in [2.05, 4.69) is 11.9 Å². The molecule has 0 aromatic heterocycles. The molecule has 1 aliphatic rings. The Morgan fingerprint density at radius 1 is 1.33 bits per heavy atom. The maximum atomic E-state index is 13.8. The van der Waals surface area contributed by atoms with E-state index >= 15 is 0 Å². The molecule has 1 aliphatic carbocycles. The Labute approximate surface area is 109 Å². The third-order valence-corrected chi connectivity index (χ3v) is 4.04. The number of likely N-dealkylation sites (N-methyl/N-ethyl adjacent to an activating group) is 1. The summed E-state index contributed by atoms with van der Waals surface area (Å²) in [6.07, 6.45) is 5.29. The smallest absolute Gasteiger partial charge is 0.128 e. The van der Waals surface area contributed by atoms with E-state index in [0.717, 1.165) is 18.0 Å². The fourth-order valence-electron chi connectivity index (χ4n) is 3.02. The third kappa shape index (κ3) is 3.09. The van der Waals surface area contributed by atoms with Gasteiger partial charge < -0.3 is 5.73 Å². The highest BCUT2D eigenvalue weighted by Gasteiger charge is 2.23. The predicted molar refractivity (Wildman–Crippen MR) is 72.8 cm³/mol. The quantitative estimate of drug-likeness (QED) is 0.870. The minimum atomic E-state index is -0.147. The molecule has 0 amide bonds. The number of benzene rings is 1. The van der Waals surface area contributed by atoms with E-state index in [0.29, 0.717) is 6.54 Å². The molecule has 1 unspecified atom stereocenters. The molecule has 2 nitrogen and oxygen atoms in total. The molecule has 0 aliphatic heterocycles. The number of hydrogen-bond donors (Lipinski definition) is 1. The van der Waals surface area contributed by atoms with Crippen LogP contribution in [0.5, 0.6) is 0 Å². The first-order chi connectivity index (χ1) is 8.72. The van der Waals surface area contributed by atoms with Crippen molar-refractivity contribution in [2.45, 2.75) is 31.7 Å².